The Hall–Kier alpha value is -1.62. The van der Waals surface area contributed by atoms with Gasteiger partial charge in [0.15, 0.2) is 0 Å². The number of benzene rings is 1. The fourth-order valence-corrected chi connectivity index (χ4v) is 2.38. The van der Waals surface area contributed by atoms with Crippen LogP contribution in [0, 0.1) is 5.82 Å². The van der Waals surface area contributed by atoms with E-state index in [2.05, 4.69) is 10.2 Å². The summed E-state index contributed by atoms with van der Waals surface area (Å²) in [5.41, 5.74) is 5.73. The highest BCUT2D eigenvalue weighted by molar-refractivity contribution is 5.84. The molecule has 1 amide bonds. The smallest absolute Gasteiger partial charge is 0.237 e. The summed E-state index contributed by atoms with van der Waals surface area (Å²) in [4.78, 5) is 13.8. The molecule has 1 aromatic carbocycles. The highest BCUT2D eigenvalue weighted by Gasteiger charge is 2.31. The SMILES string of the molecule is CCN(CCC(C)(NC(C)C)C(N)=O)c1ccc(F)cc1. The average Bonchev–Trinajstić information content (AvgIpc) is 2.40. The van der Waals surface area contributed by atoms with Crippen LogP contribution in [0.25, 0.3) is 0 Å². The van der Waals surface area contributed by atoms with Gasteiger partial charge in [-0.05, 0) is 58.4 Å². The van der Waals surface area contributed by atoms with E-state index in [1.807, 2.05) is 27.7 Å². The van der Waals surface area contributed by atoms with Gasteiger partial charge in [0, 0.05) is 24.8 Å². The van der Waals surface area contributed by atoms with Crippen molar-refractivity contribution >= 4 is 11.6 Å². The summed E-state index contributed by atoms with van der Waals surface area (Å²) >= 11 is 0. The minimum Gasteiger partial charge on any atom is -0.372 e. The second-order valence-electron chi connectivity index (χ2n) is 5.80. The number of hydrogen-bond donors (Lipinski definition) is 2. The summed E-state index contributed by atoms with van der Waals surface area (Å²) < 4.78 is 13.0. The van der Waals surface area contributed by atoms with Gasteiger partial charge >= 0.3 is 0 Å². The summed E-state index contributed by atoms with van der Waals surface area (Å²) in [6.45, 7) is 9.27. The van der Waals surface area contributed by atoms with Crippen molar-refractivity contribution in [3.63, 3.8) is 0 Å². The lowest BCUT2D eigenvalue weighted by Crippen LogP contribution is -2.56. The van der Waals surface area contributed by atoms with Crippen molar-refractivity contribution in [3.8, 4) is 0 Å². The molecule has 0 aliphatic carbocycles. The summed E-state index contributed by atoms with van der Waals surface area (Å²) in [6.07, 6.45) is 0.589. The number of amides is 1. The van der Waals surface area contributed by atoms with Gasteiger partial charge in [-0.2, -0.15) is 0 Å². The lowest BCUT2D eigenvalue weighted by Gasteiger charge is -2.33. The molecule has 0 fully saturated rings. The zero-order chi connectivity index (χ0) is 16.0. The Bertz CT molecular complexity index is 461. The number of halogens is 1. The zero-order valence-corrected chi connectivity index (χ0v) is 13.3. The zero-order valence-electron chi connectivity index (χ0n) is 13.3. The van der Waals surface area contributed by atoms with Crippen molar-refractivity contribution in [1.29, 1.82) is 0 Å². The Morgan fingerprint density at radius 1 is 1.38 bits per heavy atom. The number of nitrogens with zero attached hydrogens (tertiary/aromatic N) is 1. The number of nitrogens with two attached hydrogens (primary N) is 1. The van der Waals surface area contributed by atoms with E-state index in [0.29, 0.717) is 13.0 Å². The lowest BCUT2D eigenvalue weighted by atomic mass is 9.95. The first-order valence-corrected chi connectivity index (χ1v) is 7.36. The predicted octanol–water partition coefficient (Wildman–Crippen LogP) is 2.28. The summed E-state index contributed by atoms with van der Waals surface area (Å²) in [5, 5.41) is 3.23. The van der Waals surface area contributed by atoms with Crippen LogP contribution in [-0.2, 0) is 4.79 Å². The molecular formula is C16H26FN3O. The number of anilines is 1. The highest BCUT2D eigenvalue weighted by Crippen LogP contribution is 2.18. The summed E-state index contributed by atoms with van der Waals surface area (Å²) in [6, 6.07) is 6.55. The largest absolute Gasteiger partial charge is 0.372 e. The highest BCUT2D eigenvalue weighted by atomic mass is 19.1. The third-order valence-electron chi connectivity index (χ3n) is 3.61. The fourth-order valence-electron chi connectivity index (χ4n) is 2.38. The minimum absolute atomic E-state index is 0.170. The molecule has 5 heteroatoms. The van der Waals surface area contributed by atoms with Crippen molar-refractivity contribution in [2.24, 2.45) is 5.73 Å². The van der Waals surface area contributed by atoms with Gasteiger partial charge in [-0.1, -0.05) is 0 Å². The van der Waals surface area contributed by atoms with Gasteiger partial charge in [0.25, 0.3) is 0 Å². The molecule has 1 unspecified atom stereocenters. The molecule has 0 bridgehead atoms. The first-order valence-electron chi connectivity index (χ1n) is 7.36. The number of rotatable bonds is 8. The lowest BCUT2D eigenvalue weighted by molar-refractivity contribution is -0.124. The van der Waals surface area contributed by atoms with Crippen LogP contribution < -0.4 is 16.0 Å². The molecule has 0 aliphatic rings. The molecule has 1 aromatic rings. The second-order valence-corrected chi connectivity index (χ2v) is 5.80. The monoisotopic (exact) mass is 295 g/mol. The number of nitrogens with one attached hydrogen (secondary N) is 1. The molecule has 0 aromatic heterocycles. The maximum atomic E-state index is 13.0. The van der Waals surface area contributed by atoms with E-state index in [-0.39, 0.29) is 17.8 Å². The summed E-state index contributed by atoms with van der Waals surface area (Å²) in [5.74, 6) is -0.607. The molecule has 0 saturated carbocycles. The van der Waals surface area contributed by atoms with Gasteiger partial charge in [-0.15, -0.1) is 0 Å². The third-order valence-corrected chi connectivity index (χ3v) is 3.61. The normalized spacial score (nSPS) is 14.0. The van der Waals surface area contributed by atoms with Crippen LogP contribution >= 0.6 is 0 Å². The topological polar surface area (TPSA) is 58.4 Å². The first kappa shape index (κ1) is 17.4. The standard InChI is InChI=1S/C16H26FN3O/c1-5-20(14-8-6-13(17)7-9-14)11-10-16(4,15(18)21)19-12(2)3/h6-9,12,19H,5,10-11H2,1-4H3,(H2,18,21). The Kier molecular flexibility index (Phi) is 6.15. The van der Waals surface area contributed by atoms with Crippen molar-refractivity contribution in [2.45, 2.75) is 45.7 Å². The van der Waals surface area contributed by atoms with Crippen LogP contribution in [0.3, 0.4) is 0 Å². The van der Waals surface area contributed by atoms with Crippen LogP contribution in [0.1, 0.15) is 34.1 Å². The van der Waals surface area contributed by atoms with E-state index in [1.54, 1.807) is 12.1 Å². The Labute approximate surface area is 126 Å². The fraction of sp³-hybridized carbons (Fsp3) is 0.562. The Balaban J connectivity index is 2.76. The second kappa shape index (κ2) is 7.41. The molecule has 4 nitrogen and oxygen atoms in total. The van der Waals surface area contributed by atoms with E-state index in [9.17, 15) is 9.18 Å². The minimum atomic E-state index is -0.748. The number of primary amides is 1. The molecule has 0 aliphatic heterocycles. The molecule has 118 valence electrons. The van der Waals surface area contributed by atoms with Crippen molar-refractivity contribution in [3.05, 3.63) is 30.1 Å². The maximum Gasteiger partial charge on any atom is 0.237 e. The number of hydrogen-bond acceptors (Lipinski definition) is 3. The first-order chi connectivity index (χ1) is 9.78. The molecule has 0 heterocycles. The molecule has 0 radical (unpaired) electrons. The Morgan fingerprint density at radius 3 is 2.38 bits per heavy atom. The molecule has 3 N–H and O–H groups in total. The van der Waals surface area contributed by atoms with E-state index in [0.717, 1.165) is 12.2 Å². The quantitative estimate of drug-likeness (QED) is 0.773. The molecule has 0 spiro atoms. The van der Waals surface area contributed by atoms with Crippen LogP contribution in [-0.4, -0.2) is 30.6 Å². The van der Waals surface area contributed by atoms with Crippen LogP contribution in [0.4, 0.5) is 10.1 Å². The van der Waals surface area contributed by atoms with Crippen LogP contribution in [0.2, 0.25) is 0 Å². The third kappa shape index (κ3) is 5.01. The van der Waals surface area contributed by atoms with Crippen molar-refractivity contribution < 1.29 is 9.18 Å². The van der Waals surface area contributed by atoms with Gasteiger partial charge in [0.1, 0.15) is 5.82 Å². The van der Waals surface area contributed by atoms with Crippen molar-refractivity contribution in [2.75, 3.05) is 18.0 Å². The van der Waals surface area contributed by atoms with Gasteiger partial charge in [-0.3, -0.25) is 4.79 Å². The molecule has 21 heavy (non-hydrogen) atoms. The van der Waals surface area contributed by atoms with Crippen LogP contribution in [0.5, 0.6) is 0 Å². The number of carbonyl (C=O) groups excluding carboxylic acids is 1. The van der Waals surface area contributed by atoms with E-state index >= 15 is 0 Å². The van der Waals surface area contributed by atoms with Gasteiger partial charge < -0.3 is 16.0 Å². The van der Waals surface area contributed by atoms with Gasteiger partial charge in [0.2, 0.25) is 5.91 Å². The molecule has 1 atom stereocenters. The number of carbonyl (C=O) groups is 1. The molecular weight excluding hydrogens is 269 g/mol. The van der Waals surface area contributed by atoms with Crippen molar-refractivity contribution in [1.82, 2.24) is 5.32 Å². The van der Waals surface area contributed by atoms with E-state index in [1.165, 1.54) is 12.1 Å². The predicted molar refractivity (Wildman–Crippen MR) is 84.8 cm³/mol. The van der Waals surface area contributed by atoms with Gasteiger partial charge in [0.05, 0.1) is 5.54 Å². The van der Waals surface area contributed by atoms with Crippen LogP contribution in [0.15, 0.2) is 24.3 Å². The summed E-state index contributed by atoms with van der Waals surface area (Å²) in [7, 11) is 0. The Morgan fingerprint density at radius 2 is 1.95 bits per heavy atom. The van der Waals surface area contributed by atoms with E-state index in [4.69, 9.17) is 5.73 Å². The molecule has 0 saturated heterocycles. The average molecular weight is 295 g/mol. The van der Waals surface area contributed by atoms with Gasteiger partial charge in [-0.25, -0.2) is 4.39 Å². The van der Waals surface area contributed by atoms with E-state index < -0.39 is 5.54 Å². The maximum absolute atomic E-state index is 13.0. The molecule has 1 rings (SSSR count).